The Kier molecular flexibility index (Phi) is 3.39. The van der Waals surface area contributed by atoms with Crippen LogP contribution >= 0.6 is 11.6 Å². The Morgan fingerprint density at radius 2 is 1.91 bits per heavy atom. The van der Waals surface area contributed by atoms with Crippen molar-refractivity contribution in [1.29, 1.82) is 0 Å². The molecule has 0 spiro atoms. The van der Waals surface area contributed by atoms with E-state index in [1.165, 1.54) is 0 Å². The maximum absolute atomic E-state index is 12.5. The largest absolute Gasteiger partial charge is 0.327 e. The number of nitrogens with one attached hydrogen (secondary N) is 1. The third-order valence-corrected chi connectivity index (χ3v) is 4.23. The van der Waals surface area contributed by atoms with Crippen molar-refractivity contribution in [2.75, 3.05) is 16.8 Å². The van der Waals surface area contributed by atoms with Gasteiger partial charge in [-0.3, -0.25) is 4.90 Å². The molecule has 0 unspecified atom stereocenters. The number of urea groups is 1. The zero-order chi connectivity index (χ0) is 15.8. The smallest absolute Gasteiger partial charge is 0.308 e. The fourth-order valence-electron chi connectivity index (χ4n) is 2.83. The summed E-state index contributed by atoms with van der Waals surface area (Å²) in [6.07, 6.45) is 0.821. The molecule has 5 heteroatoms. The Morgan fingerprint density at radius 1 is 1.13 bits per heavy atom. The molecule has 114 valence electrons. The van der Waals surface area contributed by atoms with Crippen LogP contribution in [-0.4, -0.2) is 17.6 Å². The molecule has 4 nitrogen and oxygen atoms in total. The van der Waals surface area contributed by atoms with Gasteiger partial charge >= 0.3 is 6.03 Å². The molecule has 1 aliphatic heterocycles. The molecule has 0 bridgehead atoms. The highest BCUT2D eigenvalue weighted by Crippen LogP contribution is 2.29. The molecule has 0 fully saturated rings. The van der Waals surface area contributed by atoms with Crippen LogP contribution in [-0.2, 0) is 6.42 Å². The Hall–Kier alpha value is -2.59. The van der Waals surface area contributed by atoms with E-state index in [-0.39, 0.29) is 6.03 Å². The molecule has 4 rings (SSSR count). The second-order valence-corrected chi connectivity index (χ2v) is 5.94. The van der Waals surface area contributed by atoms with Gasteiger partial charge in [0.05, 0.1) is 5.52 Å². The number of pyridine rings is 1. The molecule has 0 atom stereocenters. The van der Waals surface area contributed by atoms with Gasteiger partial charge in [-0.15, -0.1) is 0 Å². The van der Waals surface area contributed by atoms with E-state index >= 15 is 0 Å². The van der Waals surface area contributed by atoms with E-state index in [1.807, 2.05) is 24.3 Å². The maximum atomic E-state index is 12.5. The van der Waals surface area contributed by atoms with Gasteiger partial charge in [0.15, 0.2) is 0 Å². The zero-order valence-electron chi connectivity index (χ0n) is 12.3. The highest BCUT2D eigenvalue weighted by Gasteiger charge is 2.26. The van der Waals surface area contributed by atoms with Crippen LogP contribution < -0.4 is 10.2 Å². The Bertz CT molecular complexity index is 892. The SMILES string of the molecule is O=C(Nc1ccc(Cl)cc1)N1CCc2cc3ccccc3nc21. The van der Waals surface area contributed by atoms with Gasteiger partial charge in [0.1, 0.15) is 5.82 Å². The van der Waals surface area contributed by atoms with Gasteiger partial charge < -0.3 is 5.32 Å². The van der Waals surface area contributed by atoms with E-state index in [0.29, 0.717) is 17.3 Å². The lowest BCUT2D eigenvalue weighted by Crippen LogP contribution is -2.33. The highest BCUT2D eigenvalue weighted by molar-refractivity contribution is 6.30. The summed E-state index contributed by atoms with van der Waals surface area (Å²) in [7, 11) is 0. The molecule has 0 aliphatic carbocycles. The Labute approximate surface area is 138 Å². The number of anilines is 2. The second kappa shape index (κ2) is 5.56. The maximum Gasteiger partial charge on any atom is 0.327 e. The summed E-state index contributed by atoms with van der Waals surface area (Å²) in [5.74, 6) is 0.746. The first-order chi connectivity index (χ1) is 11.2. The summed E-state index contributed by atoms with van der Waals surface area (Å²) in [4.78, 5) is 18.9. The molecule has 2 amide bonds. The Balaban J connectivity index is 1.63. The van der Waals surface area contributed by atoms with Crippen LogP contribution in [0, 0.1) is 0 Å². The standard InChI is InChI=1S/C18H14ClN3O/c19-14-5-7-15(8-6-14)20-18(23)22-10-9-13-11-12-3-1-2-4-16(12)21-17(13)22/h1-8,11H,9-10H2,(H,20,23). The number of halogens is 1. The molecule has 0 saturated carbocycles. The van der Waals surface area contributed by atoms with Crippen molar-refractivity contribution in [1.82, 2.24) is 4.98 Å². The van der Waals surface area contributed by atoms with Gasteiger partial charge in [-0.2, -0.15) is 0 Å². The first-order valence-corrected chi connectivity index (χ1v) is 7.81. The van der Waals surface area contributed by atoms with Gasteiger partial charge in [0, 0.05) is 22.6 Å². The number of aromatic nitrogens is 1. The van der Waals surface area contributed by atoms with Gasteiger partial charge in [-0.1, -0.05) is 29.8 Å². The molecule has 1 aliphatic rings. The second-order valence-electron chi connectivity index (χ2n) is 5.50. The summed E-state index contributed by atoms with van der Waals surface area (Å²) in [6, 6.07) is 17.0. The number of hydrogen-bond donors (Lipinski definition) is 1. The fraction of sp³-hybridized carbons (Fsp3) is 0.111. The number of para-hydroxylation sites is 1. The van der Waals surface area contributed by atoms with Crippen molar-refractivity contribution in [3.63, 3.8) is 0 Å². The number of amides is 2. The summed E-state index contributed by atoms with van der Waals surface area (Å²) in [5, 5.41) is 4.63. The average Bonchev–Trinajstić information content (AvgIpc) is 2.97. The topological polar surface area (TPSA) is 45.2 Å². The van der Waals surface area contributed by atoms with Crippen LogP contribution in [0.1, 0.15) is 5.56 Å². The number of benzene rings is 2. The number of hydrogen-bond acceptors (Lipinski definition) is 2. The molecule has 0 radical (unpaired) electrons. The van der Waals surface area contributed by atoms with Crippen LogP contribution in [0.5, 0.6) is 0 Å². The summed E-state index contributed by atoms with van der Waals surface area (Å²) in [6.45, 7) is 0.637. The van der Waals surface area contributed by atoms with E-state index in [2.05, 4.69) is 16.4 Å². The van der Waals surface area contributed by atoms with E-state index < -0.39 is 0 Å². The Morgan fingerprint density at radius 3 is 2.74 bits per heavy atom. The lowest BCUT2D eigenvalue weighted by molar-refractivity contribution is 0.257. The van der Waals surface area contributed by atoms with Gasteiger partial charge in [0.2, 0.25) is 0 Å². The number of rotatable bonds is 1. The number of nitrogens with zero attached hydrogens (tertiary/aromatic N) is 2. The monoisotopic (exact) mass is 323 g/mol. The molecule has 23 heavy (non-hydrogen) atoms. The number of fused-ring (bicyclic) bond motifs is 2. The van der Waals surface area contributed by atoms with Crippen molar-refractivity contribution in [3.05, 3.63) is 65.2 Å². The summed E-state index contributed by atoms with van der Waals surface area (Å²) < 4.78 is 0. The van der Waals surface area contributed by atoms with Crippen LogP contribution in [0.3, 0.4) is 0 Å². The molecule has 0 saturated heterocycles. The molecular formula is C18H14ClN3O. The predicted molar refractivity (Wildman–Crippen MR) is 93.3 cm³/mol. The molecule has 1 N–H and O–H groups in total. The van der Waals surface area contributed by atoms with Crippen molar-refractivity contribution in [3.8, 4) is 0 Å². The van der Waals surface area contributed by atoms with Crippen molar-refractivity contribution < 1.29 is 4.79 Å². The normalized spacial score (nSPS) is 13.2. The minimum Gasteiger partial charge on any atom is -0.308 e. The van der Waals surface area contributed by atoms with Gasteiger partial charge in [-0.25, -0.2) is 9.78 Å². The lowest BCUT2D eigenvalue weighted by atomic mass is 10.1. The van der Waals surface area contributed by atoms with E-state index in [0.717, 1.165) is 28.7 Å². The number of carbonyl (C=O) groups excluding carboxylic acids is 1. The first-order valence-electron chi connectivity index (χ1n) is 7.43. The van der Waals surface area contributed by atoms with Gasteiger partial charge in [-0.05, 0) is 48.4 Å². The van der Waals surface area contributed by atoms with Crippen LogP contribution in [0.25, 0.3) is 10.9 Å². The van der Waals surface area contributed by atoms with Crippen LogP contribution in [0.15, 0.2) is 54.6 Å². The molecule has 2 heterocycles. The first kappa shape index (κ1) is 14.0. The van der Waals surface area contributed by atoms with Crippen LogP contribution in [0.4, 0.5) is 16.3 Å². The molecule has 1 aromatic heterocycles. The number of carbonyl (C=O) groups is 1. The molecule has 2 aromatic carbocycles. The average molecular weight is 324 g/mol. The zero-order valence-corrected chi connectivity index (χ0v) is 13.0. The summed E-state index contributed by atoms with van der Waals surface area (Å²) >= 11 is 5.86. The molecular weight excluding hydrogens is 310 g/mol. The third kappa shape index (κ3) is 2.62. The summed E-state index contributed by atoms with van der Waals surface area (Å²) in [5.41, 5.74) is 2.72. The minimum absolute atomic E-state index is 0.172. The quantitative estimate of drug-likeness (QED) is 0.717. The van der Waals surface area contributed by atoms with E-state index in [9.17, 15) is 4.79 Å². The minimum atomic E-state index is -0.172. The predicted octanol–water partition coefficient (Wildman–Crippen LogP) is 4.48. The molecule has 3 aromatic rings. The fourth-order valence-corrected chi connectivity index (χ4v) is 2.95. The third-order valence-electron chi connectivity index (χ3n) is 3.98. The van der Waals surface area contributed by atoms with Gasteiger partial charge in [0.25, 0.3) is 0 Å². The van der Waals surface area contributed by atoms with Crippen molar-refractivity contribution >= 4 is 40.0 Å². The van der Waals surface area contributed by atoms with Crippen molar-refractivity contribution in [2.24, 2.45) is 0 Å². The van der Waals surface area contributed by atoms with Crippen LogP contribution in [0.2, 0.25) is 5.02 Å². The highest BCUT2D eigenvalue weighted by atomic mass is 35.5. The van der Waals surface area contributed by atoms with Crippen molar-refractivity contribution in [2.45, 2.75) is 6.42 Å². The van der Waals surface area contributed by atoms with E-state index in [1.54, 1.807) is 29.2 Å². The van der Waals surface area contributed by atoms with E-state index in [4.69, 9.17) is 11.6 Å². The lowest BCUT2D eigenvalue weighted by Gasteiger charge is -2.17.